The van der Waals surface area contributed by atoms with E-state index in [1.54, 1.807) is 54.6 Å². The summed E-state index contributed by atoms with van der Waals surface area (Å²) in [5.74, 6) is -3.38. The maximum atomic E-state index is 12.6. The fourth-order valence-electron chi connectivity index (χ4n) is 3.04. The number of benzene rings is 2. The number of nitrogens with zero attached hydrogens (tertiary/aromatic N) is 1. The predicted octanol–water partition coefficient (Wildman–Crippen LogP) is 2.50. The molecule has 0 unspecified atom stereocenters. The number of aryl methyl sites for hydroxylation is 1. The zero-order valence-corrected chi connectivity index (χ0v) is 14.0. The number of carbonyl (C=O) groups excluding carboxylic acids is 2. The molecule has 1 heterocycles. The van der Waals surface area contributed by atoms with Gasteiger partial charge >= 0.3 is 5.97 Å². The highest BCUT2D eigenvalue weighted by Gasteiger charge is 2.46. The lowest BCUT2D eigenvalue weighted by molar-refractivity contribution is -0.146. The first-order valence-electron chi connectivity index (χ1n) is 8.02. The van der Waals surface area contributed by atoms with Crippen molar-refractivity contribution in [3.05, 3.63) is 76.9 Å². The highest BCUT2D eigenvalue weighted by Crippen LogP contribution is 2.39. The Balaban J connectivity index is 2.19. The summed E-state index contributed by atoms with van der Waals surface area (Å²) in [7, 11) is 0. The molecule has 1 aliphatic heterocycles. The summed E-state index contributed by atoms with van der Waals surface area (Å²) in [6.07, 6.45) is 0. The number of carboxylic acid groups (broad SMARTS) is 1. The predicted molar refractivity (Wildman–Crippen MR) is 94.3 cm³/mol. The van der Waals surface area contributed by atoms with Crippen LogP contribution in [0.3, 0.4) is 0 Å². The van der Waals surface area contributed by atoms with Gasteiger partial charge in [0.2, 0.25) is 0 Å². The first-order chi connectivity index (χ1) is 12.4. The van der Waals surface area contributed by atoms with E-state index < -0.39 is 30.2 Å². The van der Waals surface area contributed by atoms with Crippen molar-refractivity contribution in [2.24, 2.45) is 0 Å². The Kier molecular flexibility index (Phi) is 4.58. The minimum atomic E-state index is -1.23. The van der Waals surface area contributed by atoms with Crippen LogP contribution in [0.5, 0.6) is 0 Å². The minimum Gasteiger partial charge on any atom is -0.507 e. The third-order valence-electron chi connectivity index (χ3n) is 4.29. The molecular weight excluding hydrogens is 334 g/mol. The van der Waals surface area contributed by atoms with Crippen LogP contribution in [0.1, 0.15) is 22.7 Å². The van der Waals surface area contributed by atoms with Crippen molar-refractivity contribution in [2.75, 3.05) is 6.54 Å². The Morgan fingerprint density at radius 2 is 1.62 bits per heavy atom. The van der Waals surface area contributed by atoms with Gasteiger partial charge in [-0.1, -0.05) is 60.2 Å². The van der Waals surface area contributed by atoms with Crippen LogP contribution in [0.25, 0.3) is 5.76 Å². The minimum absolute atomic E-state index is 0.105. The zero-order valence-electron chi connectivity index (χ0n) is 14.0. The molecule has 3 rings (SSSR count). The lowest BCUT2D eigenvalue weighted by Crippen LogP contribution is -2.34. The number of Topliss-reactive ketones (excluding diaryl/α,β-unsaturated/α-hetero) is 1. The lowest BCUT2D eigenvalue weighted by atomic mass is 9.95. The van der Waals surface area contributed by atoms with E-state index in [1.165, 1.54) is 0 Å². The molecule has 6 nitrogen and oxygen atoms in total. The van der Waals surface area contributed by atoms with Crippen molar-refractivity contribution >= 4 is 23.4 Å². The van der Waals surface area contributed by atoms with Crippen LogP contribution >= 0.6 is 0 Å². The average molecular weight is 351 g/mol. The SMILES string of the molecule is Cc1ccc([C@H]2C(=C(O)c3ccccc3)C(=O)C(=O)N2CC(=O)O)cc1. The normalized spacial score (nSPS) is 19.0. The standard InChI is InChI=1S/C20H17NO5/c1-12-7-9-13(10-8-12)17-16(18(24)14-5-3-2-4-6-14)19(25)20(26)21(17)11-15(22)23/h2-10,17,24H,11H2,1H3,(H,22,23)/t17-/m0/s1. The molecule has 0 aliphatic carbocycles. The number of rotatable bonds is 4. The number of likely N-dealkylation sites (tertiary alicyclic amines) is 1. The van der Waals surface area contributed by atoms with E-state index in [0.29, 0.717) is 11.1 Å². The molecule has 1 atom stereocenters. The van der Waals surface area contributed by atoms with E-state index in [2.05, 4.69) is 0 Å². The molecule has 2 aromatic rings. The number of carbonyl (C=O) groups is 3. The third-order valence-corrected chi connectivity index (χ3v) is 4.29. The number of carboxylic acids is 1. The Morgan fingerprint density at radius 3 is 2.19 bits per heavy atom. The summed E-state index contributed by atoms with van der Waals surface area (Å²) in [5.41, 5.74) is 1.82. The van der Waals surface area contributed by atoms with Crippen molar-refractivity contribution in [2.45, 2.75) is 13.0 Å². The smallest absolute Gasteiger partial charge is 0.323 e. The molecule has 2 N–H and O–H groups in total. The Hall–Kier alpha value is -3.41. The summed E-state index contributed by atoms with van der Waals surface area (Å²) in [6, 6.07) is 14.5. The van der Waals surface area contributed by atoms with Crippen LogP contribution in [-0.2, 0) is 14.4 Å². The van der Waals surface area contributed by atoms with Crippen molar-refractivity contribution in [3.63, 3.8) is 0 Å². The maximum Gasteiger partial charge on any atom is 0.323 e. The van der Waals surface area contributed by atoms with Gasteiger partial charge in [-0.2, -0.15) is 0 Å². The van der Waals surface area contributed by atoms with Crippen molar-refractivity contribution < 1.29 is 24.6 Å². The van der Waals surface area contributed by atoms with Crippen LogP contribution < -0.4 is 0 Å². The second-order valence-corrected chi connectivity index (χ2v) is 6.10. The molecule has 0 saturated carbocycles. The van der Waals surface area contributed by atoms with Crippen LogP contribution in [0.2, 0.25) is 0 Å². The molecule has 1 aliphatic rings. The molecule has 2 aromatic carbocycles. The number of aliphatic carboxylic acids is 1. The summed E-state index contributed by atoms with van der Waals surface area (Å²) in [6.45, 7) is 1.26. The maximum absolute atomic E-state index is 12.6. The van der Waals surface area contributed by atoms with Crippen LogP contribution in [-0.4, -0.2) is 39.3 Å². The molecule has 0 bridgehead atoms. The van der Waals surface area contributed by atoms with Crippen molar-refractivity contribution in [1.29, 1.82) is 0 Å². The Morgan fingerprint density at radius 1 is 1.00 bits per heavy atom. The van der Waals surface area contributed by atoms with Crippen LogP contribution in [0.15, 0.2) is 60.2 Å². The number of ketones is 1. The van der Waals surface area contributed by atoms with E-state index >= 15 is 0 Å². The van der Waals surface area contributed by atoms with E-state index in [-0.39, 0.29) is 11.3 Å². The van der Waals surface area contributed by atoms with E-state index in [0.717, 1.165) is 10.5 Å². The molecule has 0 spiro atoms. The summed E-state index contributed by atoms with van der Waals surface area (Å²) >= 11 is 0. The molecule has 132 valence electrons. The fourth-order valence-corrected chi connectivity index (χ4v) is 3.04. The highest BCUT2D eigenvalue weighted by atomic mass is 16.4. The molecular formula is C20H17NO5. The quantitative estimate of drug-likeness (QED) is 0.501. The lowest BCUT2D eigenvalue weighted by Gasteiger charge is -2.23. The van der Waals surface area contributed by atoms with Gasteiger partial charge in [-0.3, -0.25) is 14.4 Å². The van der Waals surface area contributed by atoms with Gasteiger partial charge in [-0.15, -0.1) is 0 Å². The largest absolute Gasteiger partial charge is 0.507 e. The van der Waals surface area contributed by atoms with Crippen LogP contribution in [0, 0.1) is 6.92 Å². The van der Waals surface area contributed by atoms with E-state index in [9.17, 15) is 19.5 Å². The first kappa shape index (κ1) is 17.4. The second-order valence-electron chi connectivity index (χ2n) is 6.10. The number of amides is 1. The highest BCUT2D eigenvalue weighted by molar-refractivity contribution is 6.46. The second kappa shape index (κ2) is 6.84. The molecule has 0 radical (unpaired) electrons. The molecule has 1 amide bonds. The number of hydrogen-bond acceptors (Lipinski definition) is 4. The van der Waals surface area contributed by atoms with Gasteiger partial charge < -0.3 is 15.1 Å². The first-order valence-corrected chi connectivity index (χ1v) is 8.02. The number of aliphatic hydroxyl groups excluding tert-OH is 1. The van der Waals surface area contributed by atoms with Crippen molar-refractivity contribution in [3.8, 4) is 0 Å². The van der Waals surface area contributed by atoms with Gasteiger partial charge in [0.15, 0.2) is 0 Å². The monoisotopic (exact) mass is 351 g/mol. The Labute approximate surface area is 150 Å². The average Bonchev–Trinajstić information content (AvgIpc) is 2.87. The van der Waals surface area contributed by atoms with Gasteiger partial charge in [0.1, 0.15) is 12.3 Å². The van der Waals surface area contributed by atoms with Gasteiger partial charge in [-0.05, 0) is 12.5 Å². The van der Waals surface area contributed by atoms with Crippen LogP contribution in [0.4, 0.5) is 0 Å². The molecule has 26 heavy (non-hydrogen) atoms. The summed E-state index contributed by atoms with van der Waals surface area (Å²) < 4.78 is 0. The van der Waals surface area contributed by atoms with Gasteiger partial charge in [-0.25, -0.2) is 0 Å². The van der Waals surface area contributed by atoms with Gasteiger partial charge in [0.05, 0.1) is 11.6 Å². The van der Waals surface area contributed by atoms with Gasteiger partial charge in [0, 0.05) is 5.56 Å². The molecule has 0 aromatic heterocycles. The molecule has 6 heteroatoms. The van der Waals surface area contributed by atoms with E-state index in [1.807, 2.05) is 6.92 Å². The van der Waals surface area contributed by atoms with Crippen molar-refractivity contribution in [1.82, 2.24) is 4.90 Å². The number of hydrogen-bond donors (Lipinski definition) is 2. The molecule has 1 fully saturated rings. The number of aliphatic hydroxyl groups is 1. The molecule has 1 saturated heterocycles. The topological polar surface area (TPSA) is 94.9 Å². The summed E-state index contributed by atoms with van der Waals surface area (Å²) in [5, 5.41) is 19.8. The Bertz CT molecular complexity index is 900. The third kappa shape index (κ3) is 3.09. The summed E-state index contributed by atoms with van der Waals surface area (Å²) in [4.78, 5) is 37.1. The zero-order chi connectivity index (χ0) is 18.8. The van der Waals surface area contributed by atoms with E-state index in [4.69, 9.17) is 5.11 Å². The van der Waals surface area contributed by atoms with Gasteiger partial charge in [0.25, 0.3) is 11.7 Å². The fraction of sp³-hybridized carbons (Fsp3) is 0.150.